The van der Waals surface area contributed by atoms with Gasteiger partial charge in [0.25, 0.3) is 0 Å². The Labute approximate surface area is 215 Å². The van der Waals surface area contributed by atoms with Gasteiger partial charge in [-0.05, 0) is 105 Å². The van der Waals surface area contributed by atoms with Crippen molar-refractivity contribution in [3.63, 3.8) is 0 Å². The van der Waals surface area contributed by atoms with Gasteiger partial charge < -0.3 is 11.5 Å². The predicted octanol–water partition coefficient (Wildman–Crippen LogP) is 8.45. The molecule has 0 aromatic heterocycles. The van der Waals surface area contributed by atoms with Crippen LogP contribution in [0.2, 0.25) is 0 Å². The molecule has 7 atom stereocenters. The van der Waals surface area contributed by atoms with Gasteiger partial charge in [-0.25, -0.2) is 0 Å². The van der Waals surface area contributed by atoms with E-state index in [1.807, 2.05) is 32.1 Å². The van der Waals surface area contributed by atoms with Gasteiger partial charge in [-0.3, -0.25) is 4.79 Å². The molecule has 5 rings (SSSR count). The van der Waals surface area contributed by atoms with Gasteiger partial charge in [-0.15, -0.1) is 6.58 Å². The molecule has 3 nitrogen and oxygen atoms in total. The molecule has 0 aliphatic heterocycles. The number of anilines is 2. The van der Waals surface area contributed by atoms with Gasteiger partial charge in [0.1, 0.15) is 5.78 Å². The molecule has 1 aromatic carbocycles. The second-order valence-corrected chi connectivity index (χ2v) is 11.9. The normalized spacial score (nSPS) is 37.4. The third-order valence-corrected chi connectivity index (χ3v) is 10.6. The molecule has 1 aromatic rings. The van der Waals surface area contributed by atoms with Gasteiger partial charge in [0.05, 0.1) is 11.4 Å². The Balaban J connectivity index is 0.000000289. The molecule has 0 radical (unpaired) electrons. The summed E-state index contributed by atoms with van der Waals surface area (Å²) in [4.78, 5) is 13.5. The van der Waals surface area contributed by atoms with Crippen LogP contribution in [0.25, 0.3) is 0 Å². The molecule has 4 fully saturated rings. The maximum atomic E-state index is 13.5. The lowest BCUT2D eigenvalue weighted by Crippen LogP contribution is -2.56. The summed E-state index contributed by atoms with van der Waals surface area (Å²) in [6.07, 6.45) is 17.6. The number of benzene rings is 1. The van der Waals surface area contributed by atoms with Crippen molar-refractivity contribution < 1.29 is 4.79 Å². The van der Waals surface area contributed by atoms with E-state index >= 15 is 0 Å². The molecule has 35 heavy (non-hydrogen) atoms. The summed E-state index contributed by atoms with van der Waals surface area (Å²) in [7, 11) is 0. The second-order valence-electron chi connectivity index (χ2n) is 11.9. The number of ketones is 1. The van der Waals surface area contributed by atoms with Gasteiger partial charge >= 0.3 is 0 Å². The molecule has 7 unspecified atom stereocenters. The van der Waals surface area contributed by atoms with Gasteiger partial charge in [0, 0.05) is 11.8 Å². The van der Waals surface area contributed by atoms with Crippen LogP contribution in [0.4, 0.5) is 11.4 Å². The minimum absolute atomic E-state index is 0.000199. The summed E-state index contributed by atoms with van der Waals surface area (Å²) in [5, 5.41) is 0. The lowest BCUT2D eigenvalue weighted by Gasteiger charge is -2.59. The average molecular weight is 481 g/mol. The number of para-hydroxylation sites is 2. The standard InChI is InChI=1S/C24H38O.C6H8N2.C2H6/c1-4-5-6-10-18-12-14-20-19-13-11-17-9-7-8-15-23(17,2)21(19)16-22(25)24(18,20)3;7-5-3-1-2-4-6(5)8;1-2/h4,17-21H,1,5-16H2,2-3H3;1-4H,7-8H2;1-2H3. The molecule has 0 heterocycles. The van der Waals surface area contributed by atoms with Crippen molar-refractivity contribution in [1.82, 2.24) is 0 Å². The number of fused-ring (bicyclic) bond motifs is 5. The Morgan fingerprint density at radius 3 is 2.29 bits per heavy atom. The Bertz CT molecular complexity index is 829. The van der Waals surface area contributed by atoms with Crippen molar-refractivity contribution in [3.05, 3.63) is 36.9 Å². The van der Waals surface area contributed by atoms with Crippen molar-refractivity contribution in [1.29, 1.82) is 0 Å². The quantitative estimate of drug-likeness (QED) is 0.258. The van der Waals surface area contributed by atoms with Crippen molar-refractivity contribution >= 4 is 17.2 Å². The maximum Gasteiger partial charge on any atom is 0.139 e. The third-order valence-electron chi connectivity index (χ3n) is 10.6. The minimum atomic E-state index is 0.000199. The fourth-order valence-corrected chi connectivity index (χ4v) is 8.60. The van der Waals surface area contributed by atoms with Crippen molar-refractivity contribution in [2.24, 2.45) is 40.4 Å². The van der Waals surface area contributed by atoms with Crippen molar-refractivity contribution in [2.75, 3.05) is 11.5 Å². The van der Waals surface area contributed by atoms with Crippen LogP contribution >= 0.6 is 0 Å². The monoisotopic (exact) mass is 480 g/mol. The van der Waals surface area contributed by atoms with E-state index in [1.54, 1.807) is 12.1 Å². The van der Waals surface area contributed by atoms with E-state index < -0.39 is 0 Å². The second kappa shape index (κ2) is 12.0. The highest BCUT2D eigenvalue weighted by molar-refractivity contribution is 5.87. The summed E-state index contributed by atoms with van der Waals surface area (Å²) in [6, 6.07) is 7.25. The minimum Gasteiger partial charge on any atom is -0.397 e. The first kappa shape index (κ1) is 27.8. The van der Waals surface area contributed by atoms with E-state index in [0.717, 1.165) is 24.7 Å². The van der Waals surface area contributed by atoms with E-state index in [-0.39, 0.29) is 5.41 Å². The molecule has 0 saturated heterocycles. The van der Waals surface area contributed by atoms with Crippen LogP contribution in [0.5, 0.6) is 0 Å². The van der Waals surface area contributed by atoms with E-state index in [0.29, 0.717) is 40.3 Å². The zero-order valence-corrected chi connectivity index (χ0v) is 23.0. The lowest BCUT2D eigenvalue weighted by atomic mass is 9.44. The highest BCUT2D eigenvalue weighted by Crippen LogP contribution is 2.66. The maximum absolute atomic E-state index is 13.5. The number of nitrogens with two attached hydrogens (primary N) is 2. The van der Waals surface area contributed by atoms with Gasteiger partial charge in [-0.1, -0.05) is 58.7 Å². The van der Waals surface area contributed by atoms with Gasteiger partial charge in [-0.2, -0.15) is 0 Å². The van der Waals surface area contributed by atoms with Crippen LogP contribution < -0.4 is 11.5 Å². The van der Waals surface area contributed by atoms with Crippen molar-refractivity contribution in [2.45, 2.75) is 105 Å². The number of unbranched alkanes of at least 4 members (excludes halogenated alkanes) is 1. The Hall–Kier alpha value is -1.77. The van der Waals surface area contributed by atoms with E-state index in [9.17, 15) is 4.79 Å². The zero-order valence-electron chi connectivity index (χ0n) is 23.0. The first-order valence-corrected chi connectivity index (χ1v) is 14.6. The summed E-state index contributed by atoms with van der Waals surface area (Å²) < 4.78 is 0. The van der Waals surface area contributed by atoms with E-state index in [1.165, 1.54) is 64.2 Å². The fraction of sp³-hybridized carbons (Fsp3) is 0.719. The molecule has 3 heteroatoms. The number of allylic oxidation sites excluding steroid dienone is 1. The average Bonchev–Trinajstić information content (AvgIpc) is 3.21. The summed E-state index contributed by atoms with van der Waals surface area (Å²) >= 11 is 0. The van der Waals surface area contributed by atoms with E-state index in [4.69, 9.17) is 11.5 Å². The molecular formula is C32H52N2O. The summed E-state index contributed by atoms with van der Waals surface area (Å²) in [6.45, 7) is 12.8. The third kappa shape index (κ3) is 5.35. The number of carbonyl (C=O) groups is 1. The van der Waals surface area contributed by atoms with Gasteiger partial charge in [0.2, 0.25) is 0 Å². The zero-order chi connectivity index (χ0) is 25.6. The summed E-state index contributed by atoms with van der Waals surface area (Å²) in [5.74, 6) is 4.42. The molecule has 4 aliphatic carbocycles. The summed E-state index contributed by atoms with van der Waals surface area (Å²) in [5.41, 5.74) is 12.6. The molecule has 0 amide bonds. The number of rotatable bonds is 4. The predicted molar refractivity (Wildman–Crippen MR) is 151 cm³/mol. The molecule has 4 N–H and O–H groups in total. The number of hydrogen-bond donors (Lipinski definition) is 2. The Morgan fingerprint density at radius 1 is 0.971 bits per heavy atom. The van der Waals surface area contributed by atoms with E-state index in [2.05, 4.69) is 20.4 Å². The largest absolute Gasteiger partial charge is 0.397 e. The SMILES string of the molecule is C=CCCCC1CCC2C3CCC4CCCCC4(C)C3CC(=O)C12C.CC.Nc1ccccc1N. The molecule has 4 saturated carbocycles. The lowest BCUT2D eigenvalue weighted by molar-refractivity contribution is -0.156. The highest BCUT2D eigenvalue weighted by atomic mass is 16.1. The van der Waals surface area contributed by atoms with Crippen LogP contribution in [-0.2, 0) is 4.79 Å². The first-order valence-electron chi connectivity index (χ1n) is 14.6. The Kier molecular flexibility index (Phi) is 9.52. The van der Waals surface area contributed by atoms with Crippen LogP contribution in [0.3, 0.4) is 0 Å². The Morgan fingerprint density at radius 2 is 1.66 bits per heavy atom. The smallest absolute Gasteiger partial charge is 0.139 e. The van der Waals surface area contributed by atoms with Crippen LogP contribution in [0, 0.1) is 40.4 Å². The van der Waals surface area contributed by atoms with Crippen LogP contribution in [0.15, 0.2) is 36.9 Å². The number of nitrogen functional groups attached to an aromatic ring is 2. The number of hydrogen-bond acceptors (Lipinski definition) is 3. The van der Waals surface area contributed by atoms with Crippen LogP contribution in [-0.4, -0.2) is 5.78 Å². The van der Waals surface area contributed by atoms with Gasteiger partial charge in [0.15, 0.2) is 0 Å². The number of Topliss-reactive ketones (excluding diaryl/α,β-unsaturated/α-hetero) is 1. The molecule has 4 aliphatic rings. The molecule has 196 valence electrons. The topological polar surface area (TPSA) is 69.1 Å². The molecule has 0 bridgehead atoms. The number of carbonyl (C=O) groups excluding carboxylic acids is 1. The molecule has 0 spiro atoms. The van der Waals surface area contributed by atoms with Crippen molar-refractivity contribution in [3.8, 4) is 0 Å². The highest BCUT2D eigenvalue weighted by Gasteiger charge is 2.62. The molecular weight excluding hydrogens is 428 g/mol. The fourth-order valence-electron chi connectivity index (χ4n) is 8.60. The first-order chi connectivity index (χ1) is 16.8. The van der Waals surface area contributed by atoms with Crippen LogP contribution in [0.1, 0.15) is 105 Å².